The minimum absolute atomic E-state index is 0.464. The number of H-pyrrole nitrogens is 1. The van der Waals surface area contributed by atoms with Crippen LogP contribution in [0.2, 0.25) is 0 Å². The van der Waals surface area contributed by atoms with Gasteiger partial charge in [0.15, 0.2) is 15.8 Å². The lowest BCUT2D eigenvalue weighted by Gasteiger charge is -2.01. The van der Waals surface area contributed by atoms with Gasteiger partial charge in [-0.25, -0.2) is 9.67 Å². The van der Waals surface area contributed by atoms with Crippen LogP contribution in [-0.4, -0.2) is 38.2 Å². The van der Waals surface area contributed by atoms with Gasteiger partial charge >= 0.3 is 0 Å². The van der Waals surface area contributed by atoms with Gasteiger partial charge in [-0.3, -0.25) is 0 Å². The third-order valence-electron chi connectivity index (χ3n) is 1.97. The maximum atomic E-state index is 5.24. The summed E-state index contributed by atoms with van der Waals surface area (Å²) < 4.78 is 7.43. The Labute approximate surface area is 91.3 Å². The summed E-state index contributed by atoms with van der Waals surface area (Å²) in [5, 5.41) is 7.93. The highest BCUT2D eigenvalue weighted by atomic mass is 32.1. The first-order valence-corrected chi connectivity index (χ1v) is 5.08. The van der Waals surface area contributed by atoms with Crippen molar-refractivity contribution in [1.82, 2.24) is 25.0 Å². The molecule has 1 N–H and O–H groups in total. The number of hydrogen-bond donors (Lipinski definition) is 1. The number of nitrogens with one attached hydrogen (secondary N) is 1. The molecule has 2 heterocycles. The fourth-order valence-corrected chi connectivity index (χ4v) is 1.46. The van der Waals surface area contributed by atoms with Crippen LogP contribution in [0.4, 0.5) is 0 Å². The molecule has 0 atom stereocenters. The van der Waals surface area contributed by atoms with E-state index in [1.54, 1.807) is 11.0 Å². The first-order valence-electron chi connectivity index (χ1n) is 4.67. The van der Waals surface area contributed by atoms with Gasteiger partial charge in [0.05, 0.1) is 19.5 Å². The average molecular weight is 225 g/mol. The summed E-state index contributed by atoms with van der Waals surface area (Å²) in [6.45, 7) is 3.92. The van der Waals surface area contributed by atoms with Crippen LogP contribution in [0.15, 0.2) is 6.33 Å². The summed E-state index contributed by atoms with van der Waals surface area (Å²) in [6.07, 6.45) is 1.55. The van der Waals surface area contributed by atoms with E-state index in [1.807, 2.05) is 6.92 Å². The van der Waals surface area contributed by atoms with Crippen molar-refractivity contribution in [3.8, 4) is 0 Å². The summed E-state index contributed by atoms with van der Waals surface area (Å²) in [4.78, 5) is 6.90. The molecule has 0 amide bonds. The molecule has 0 unspecified atom stereocenters. The quantitative estimate of drug-likeness (QED) is 0.619. The monoisotopic (exact) mass is 225 g/mol. The van der Waals surface area contributed by atoms with E-state index in [2.05, 4.69) is 20.3 Å². The highest BCUT2D eigenvalue weighted by Crippen LogP contribution is 2.06. The van der Waals surface area contributed by atoms with Gasteiger partial charge in [-0.05, 0) is 6.92 Å². The van der Waals surface area contributed by atoms with E-state index in [0.717, 1.165) is 5.65 Å². The van der Waals surface area contributed by atoms with Crippen LogP contribution in [0.1, 0.15) is 6.92 Å². The number of ether oxygens (including phenoxy) is 1. The van der Waals surface area contributed by atoms with Gasteiger partial charge in [0.25, 0.3) is 0 Å². The number of aromatic nitrogens is 5. The van der Waals surface area contributed by atoms with Gasteiger partial charge < -0.3 is 9.72 Å². The minimum Gasteiger partial charge on any atom is -0.380 e. The molecule has 7 heteroatoms. The Morgan fingerprint density at radius 3 is 3.27 bits per heavy atom. The molecule has 2 rings (SSSR count). The number of hydrogen-bond acceptors (Lipinski definition) is 5. The van der Waals surface area contributed by atoms with Crippen molar-refractivity contribution in [1.29, 1.82) is 0 Å². The van der Waals surface area contributed by atoms with Crippen molar-refractivity contribution in [2.45, 2.75) is 13.5 Å². The molecule has 80 valence electrons. The Morgan fingerprint density at radius 1 is 1.60 bits per heavy atom. The lowest BCUT2D eigenvalue weighted by Crippen LogP contribution is -2.08. The molecule has 0 saturated carbocycles. The first kappa shape index (κ1) is 10.2. The zero-order valence-corrected chi connectivity index (χ0v) is 9.12. The van der Waals surface area contributed by atoms with E-state index in [4.69, 9.17) is 17.0 Å². The number of rotatable bonds is 4. The number of fused-ring (bicyclic) bond motifs is 1. The van der Waals surface area contributed by atoms with E-state index >= 15 is 0 Å². The predicted octanol–water partition coefficient (Wildman–Crippen LogP) is 0.920. The SMILES string of the molecule is CCOCCn1nnc2c(=S)nc[nH]c21. The molecular formula is C8H11N5OS. The van der Waals surface area contributed by atoms with Crippen molar-refractivity contribution >= 4 is 23.4 Å². The second-order valence-electron chi connectivity index (χ2n) is 2.91. The standard InChI is InChI=1S/C8H11N5OS/c1-2-14-4-3-13-7-6(11-12-13)8(15)10-5-9-7/h5H,2-4H2,1H3,(H,9,10,15). The van der Waals surface area contributed by atoms with Gasteiger partial charge in [-0.1, -0.05) is 17.4 Å². The molecule has 0 aliphatic carbocycles. The Kier molecular flexibility index (Phi) is 3.02. The van der Waals surface area contributed by atoms with E-state index in [0.29, 0.717) is 29.9 Å². The van der Waals surface area contributed by atoms with Crippen LogP contribution < -0.4 is 0 Å². The molecule has 2 aromatic rings. The molecule has 0 aliphatic rings. The second-order valence-corrected chi connectivity index (χ2v) is 3.30. The van der Waals surface area contributed by atoms with Crippen molar-refractivity contribution in [3.05, 3.63) is 11.0 Å². The molecule has 0 spiro atoms. The molecule has 0 saturated heterocycles. The fraction of sp³-hybridized carbons (Fsp3) is 0.500. The van der Waals surface area contributed by atoms with Crippen LogP contribution in [0.5, 0.6) is 0 Å². The molecule has 0 fully saturated rings. The average Bonchev–Trinajstić information content (AvgIpc) is 2.64. The maximum absolute atomic E-state index is 5.24. The normalized spacial score (nSPS) is 11.0. The van der Waals surface area contributed by atoms with Crippen molar-refractivity contribution in [3.63, 3.8) is 0 Å². The molecule has 6 nitrogen and oxygen atoms in total. The maximum Gasteiger partial charge on any atom is 0.166 e. The Bertz CT molecular complexity index is 505. The summed E-state index contributed by atoms with van der Waals surface area (Å²) in [6, 6.07) is 0. The third-order valence-corrected chi connectivity index (χ3v) is 2.27. The molecular weight excluding hydrogens is 214 g/mol. The largest absolute Gasteiger partial charge is 0.380 e. The first-order chi connectivity index (χ1) is 7.33. The van der Waals surface area contributed by atoms with Crippen LogP contribution in [-0.2, 0) is 11.3 Å². The molecule has 0 radical (unpaired) electrons. The number of aromatic amines is 1. The summed E-state index contributed by atoms with van der Waals surface area (Å²) >= 11 is 5.02. The van der Waals surface area contributed by atoms with Gasteiger partial charge in [0, 0.05) is 6.61 Å². The number of nitrogens with zero attached hydrogens (tertiary/aromatic N) is 4. The van der Waals surface area contributed by atoms with Crippen molar-refractivity contribution in [2.75, 3.05) is 13.2 Å². The smallest absolute Gasteiger partial charge is 0.166 e. The van der Waals surface area contributed by atoms with Crippen LogP contribution >= 0.6 is 12.2 Å². The highest BCUT2D eigenvalue weighted by molar-refractivity contribution is 7.71. The lowest BCUT2D eigenvalue weighted by molar-refractivity contribution is 0.136. The Hall–Kier alpha value is -1.34. The van der Waals surface area contributed by atoms with Gasteiger partial charge in [-0.15, -0.1) is 5.10 Å². The van der Waals surface area contributed by atoms with E-state index < -0.39 is 0 Å². The summed E-state index contributed by atoms with van der Waals surface area (Å²) in [5.41, 5.74) is 1.42. The van der Waals surface area contributed by atoms with Crippen LogP contribution in [0.25, 0.3) is 11.2 Å². The van der Waals surface area contributed by atoms with Gasteiger partial charge in [-0.2, -0.15) is 0 Å². The van der Waals surface area contributed by atoms with E-state index in [1.165, 1.54) is 0 Å². The minimum atomic E-state index is 0.464. The molecule has 0 aromatic carbocycles. The zero-order chi connectivity index (χ0) is 10.7. The Morgan fingerprint density at radius 2 is 2.47 bits per heavy atom. The van der Waals surface area contributed by atoms with E-state index in [-0.39, 0.29) is 0 Å². The summed E-state index contributed by atoms with van der Waals surface area (Å²) in [7, 11) is 0. The van der Waals surface area contributed by atoms with Crippen LogP contribution in [0, 0.1) is 4.64 Å². The topological polar surface area (TPSA) is 68.6 Å². The second kappa shape index (κ2) is 4.45. The van der Waals surface area contributed by atoms with Crippen molar-refractivity contribution < 1.29 is 4.74 Å². The van der Waals surface area contributed by atoms with Crippen LogP contribution in [0.3, 0.4) is 0 Å². The molecule has 2 aromatic heterocycles. The zero-order valence-electron chi connectivity index (χ0n) is 8.30. The van der Waals surface area contributed by atoms with Gasteiger partial charge in [0.1, 0.15) is 0 Å². The molecule has 0 bridgehead atoms. The summed E-state index contributed by atoms with van der Waals surface area (Å²) in [5.74, 6) is 0. The molecule has 15 heavy (non-hydrogen) atoms. The van der Waals surface area contributed by atoms with Crippen molar-refractivity contribution in [2.24, 2.45) is 0 Å². The third kappa shape index (κ3) is 2.02. The van der Waals surface area contributed by atoms with E-state index in [9.17, 15) is 0 Å². The predicted molar refractivity (Wildman–Crippen MR) is 57.0 cm³/mol. The Balaban J connectivity index is 2.29. The lowest BCUT2D eigenvalue weighted by atomic mass is 10.5. The molecule has 0 aliphatic heterocycles. The highest BCUT2D eigenvalue weighted by Gasteiger charge is 2.05. The fourth-order valence-electron chi connectivity index (χ4n) is 1.27. The van der Waals surface area contributed by atoms with Gasteiger partial charge in [0.2, 0.25) is 0 Å².